The molecule has 132 valence electrons. The van der Waals surface area contributed by atoms with Gasteiger partial charge in [-0.05, 0) is 29.7 Å². The molecular weight excluding hydrogens is 330 g/mol. The molecule has 3 aromatic carbocycles. The van der Waals surface area contributed by atoms with Crippen molar-refractivity contribution >= 4 is 0 Å². The fraction of sp³-hybridized carbons (Fsp3) is 0.120. The number of hydrogen-bond acceptors (Lipinski definition) is 1. The van der Waals surface area contributed by atoms with Gasteiger partial charge in [0.25, 0.3) is 0 Å². The van der Waals surface area contributed by atoms with Crippen molar-refractivity contribution in [1.82, 2.24) is 4.57 Å². The number of fused-ring (bicyclic) bond motifs is 3. The second kappa shape index (κ2) is 6.17. The number of para-hydroxylation sites is 1. The molecule has 1 aliphatic heterocycles. The summed E-state index contributed by atoms with van der Waals surface area (Å²) in [6, 6.07) is 29.5. The van der Waals surface area contributed by atoms with Gasteiger partial charge in [-0.25, -0.2) is 0 Å². The van der Waals surface area contributed by atoms with Gasteiger partial charge in [-0.15, -0.1) is 0 Å². The zero-order chi connectivity index (χ0) is 18.4. The molecule has 0 fully saturated rings. The second-order valence-electron chi connectivity index (χ2n) is 7.06. The van der Waals surface area contributed by atoms with Gasteiger partial charge in [0.15, 0.2) is 6.10 Å². The molecule has 27 heavy (non-hydrogen) atoms. The van der Waals surface area contributed by atoms with Crippen molar-refractivity contribution in [2.75, 3.05) is 0 Å². The van der Waals surface area contributed by atoms with Crippen molar-refractivity contribution in [2.24, 2.45) is 7.05 Å². The minimum Gasteiger partial charge on any atom is -0.479 e. The van der Waals surface area contributed by atoms with E-state index in [1.54, 1.807) is 0 Å². The van der Waals surface area contributed by atoms with Crippen LogP contribution in [0.25, 0.3) is 22.4 Å². The van der Waals surface area contributed by atoms with E-state index in [9.17, 15) is 0 Å². The molecule has 0 unspecified atom stereocenters. The normalized spacial score (nSPS) is 15.0. The summed E-state index contributed by atoms with van der Waals surface area (Å²) in [5, 5.41) is 0. The number of hydrogen-bond donors (Lipinski definition) is 0. The molecule has 0 amide bonds. The Kier molecular flexibility index (Phi) is 3.64. The SMILES string of the molecule is Cc1c2c(n(C)c1-c1ccccc1)[C@@H](c1ccccc1)Oc1ccccc1-2. The first-order valence-corrected chi connectivity index (χ1v) is 9.31. The minimum atomic E-state index is -0.114. The molecule has 0 N–H and O–H groups in total. The number of rotatable bonds is 2. The van der Waals surface area contributed by atoms with E-state index < -0.39 is 0 Å². The lowest BCUT2D eigenvalue weighted by molar-refractivity contribution is 0.235. The average molecular weight is 351 g/mol. The van der Waals surface area contributed by atoms with Crippen LogP contribution in [0.5, 0.6) is 5.75 Å². The summed E-state index contributed by atoms with van der Waals surface area (Å²) in [5.74, 6) is 0.951. The van der Waals surface area contributed by atoms with E-state index in [0.29, 0.717) is 0 Å². The molecule has 0 saturated carbocycles. The van der Waals surface area contributed by atoms with Gasteiger partial charge in [0.1, 0.15) is 5.75 Å². The highest BCUT2D eigenvalue weighted by Crippen LogP contribution is 2.49. The maximum atomic E-state index is 6.51. The van der Waals surface area contributed by atoms with E-state index >= 15 is 0 Å². The van der Waals surface area contributed by atoms with Crippen LogP contribution < -0.4 is 4.74 Å². The van der Waals surface area contributed by atoms with Gasteiger partial charge in [0.2, 0.25) is 0 Å². The fourth-order valence-corrected chi connectivity index (χ4v) is 4.32. The minimum absolute atomic E-state index is 0.114. The summed E-state index contributed by atoms with van der Waals surface area (Å²) in [6.45, 7) is 2.23. The van der Waals surface area contributed by atoms with Gasteiger partial charge in [-0.2, -0.15) is 0 Å². The predicted octanol–water partition coefficient (Wildman–Crippen LogP) is 6.15. The summed E-state index contributed by atoms with van der Waals surface area (Å²) < 4.78 is 8.82. The lowest BCUT2D eigenvalue weighted by Crippen LogP contribution is -2.18. The van der Waals surface area contributed by atoms with Gasteiger partial charge < -0.3 is 9.30 Å². The predicted molar refractivity (Wildman–Crippen MR) is 110 cm³/mol. The molecule has 4 aromatic rings. The zero-order valence-electron chi connectivity index (χ0n) is 15.5. The molecule has 2 nitrogen and oxygen atoms in total. The first-order valence-electron chi connectivity index (χ1n) is 9.31. The molecular formula is C25H21NO. The van der Waals surface area contributed by atoms with Crippen LogP contribution in [0.15, 0.2) is 84.9 Å². The summed E-state index contributed by atoms with van der Waals surface area (Å²) in [7, 11) is 2.15. The van der Waals surface area contributed by atoms with Gasteiger partial charge in [0.05, 0.1) is 11.4 Å². The number of ether oxygens (including phenoxy) is 1. The third-order valence-corrected chi connectivity index (χ3v) is 5.48. The fourth-order valence-electron chi connectivity index (χ4n) is 4.32. The Hall–Kier alpha value is -3.26. The molecule has 1 aromatic heterocycles. The maximum absolute atomic E-state index is 6.51. The average Bonchev–Trinajstić information content (AvgIpc) is 3.00. The number of nitrogens with zero attached hydrogens (tertiary/aromatic N) is 1. The summed E-state index contributed by atoms with van der Waals surface area (Å²) in [5.41, 5.74) is 8.65. The quantitative estimate of drug-likeness (QED) is 0.422. The summed E-state index contributed by atoms with van der Waals surface area (Å²) >= 11 is 0. The molecule has 1 atom stereocenters. The van der Waals surface area contributed by atoms with E-state index in [1.807, 2.05) is 12.1 Å². The van der Waals surface area contributed by atoms with E-state index in [-0.39, 0.29) is 6.10 Å². The van der Waals surface area contributed by atoms with Crippen LogP contribution in [0.2, 0.25) is 0 Å². The number of aromatic nitrogens is 1. The zero-order valence-corrected chi connectivity index (χ0v) is 15.5. The lowest BCUT2D eigenvalue weighted by atomic mass is 9.92. The Morgan fingerprint density at radius 2 is 1.41 bits per heavy atom. The molecule has 0 bridgehead atoms. The molecule has 1 aliphatic rings. The Morgan fingerprint density at radius 1 is 0.778 bits per heavy atom. The Balaban J connectivity index is 1.82. The van der Waals surface area contributed by atoms with Crippen molar-refractivity contribution in [1.29, 1.82) is 0 Å². The van der Waals surface area contributed by atoms with Crippen molar-refractivity contribution in [3.05, 3.63) is 102 Å². The van der Waals surface area contributed by atoms with E-state index in [0.717, 1.165) is 5.75 Å². The Morgan fingerprint density at radius 3 is 2.15 bits per heavy atom. The molecule has 0 saturated heterocycles. The van der Waals surface area contributed by atoms with E-state index in [4.69, 9.17) is 4.74 Å². The molecule has 5 rings (SSSR count). The van der Waals surface area contributed by atoms with E-state index in [1.165, 1.54) is 39.2 Å². The van der Waals surface area contributed by atoms with Gasteiger partial charge in [-0.1, -0.05) is 78.9 Å². The molecule has 0 spiro atoms. The highest BCUT2D eigenvalue weighted by atomic mass is 16.5. The van der Waals surface area contributed by atoms with E-state index in [2.05, 4.69) is 91.3 Å². The van der Waals surface area contributed by atoms with Gasteiger partial charge in [0, 0.05) is 18.2 Å². The third kappa shape index (κ3) is 2.41. The Bertz CT molecular complexity index is 1110. The molecule has 2 heteroatoms. The van der Waals surface area contributed by atoms with Crippen molar-refractivity contribution < 1.29 is 4.74 Å². The van der Waals surface area contributed by atoms with Crippen LogP contribution in [0.1, 0.15) is 22.9 Å². The highest BCUT2D eigenvalue weighted by molar-refractivity contribution is 5.85. The standard InChI is InChI=1S/C25H21NO/c1-17-22-20-15-9-10-16-21(20)27-25(19-13-7-4-8-14-19)24(22)26(2)23(17)18-11-5-3-6-12-18/h3-16,25H,1-2H3/t25-/m1/s1. The topological polar surface area (TPSA) is 14.2 Å². The van der Waals surface area contributed by atoms with Crippen molar-refractivity contribution in [2.45, 2.75) is 13.0 Å². The first-order chi connectivity index (χ1) is 13.3. The highest BCUT2D eigenvalue weighted by Gasteiger charge is 2.33. The van der Waals surface area contributed by atoms with Gasteiger partial charge >= 0.3 is 0 Å². The molecule has 2 heterocycles. The van der Waals surface area contributed by atoms with Crippen molar-refractivity contribution in [3.63, 3.8) is 0 Å². The summed E-state index contributed by atoms with van der Waals surface area (Å²) in [6.07, 6.45) is -0.114. The molecule has 0 aliphatic carbocycles. The lowest BCUT2D eigenvalue weighted by Gasteiger charge is -2.28. The monoisotopic (exact) mass is 351 g/mol. The van der Waals surface area contributed by atoms with Crippen LogP contribution in [0, 0.1) is 6.92 Å². The Labute approximate surface area is 159 Å². The van der Waals surface area contributed by atoms with Crippen LogP contribution in [0.4, 0.5) is 0 Å². The van der Waals surface area contributed by atoms with Crippen LogP contribution in [-0.4, -0.2) is 4.57 Å². The third-order valence-electron chi connectivity index (χ3n) is 5.48. The van der Waals surface area contributed by atoms with Crippen LogP contribution in [0.3, 0.4) is 0 Å². The number of benzene rings is 3. The van der Waals surface area contributed by atoms with Gasteiger partial charge in [-0.3, -0.25) is 0 Å². The smallest absolute Gasteiger partial charge is 0.164 e. The molecule has 0 radical (unpaired) electrons. The van der Waals surface area contributed by atoms with Crippen molar-refractivity contribution in [3.8, 4) is 28.1 Å². The van der Waals surface area contributed by atoms with Crippen LogP contribution in [-0.2, 0) is 7.05 Å². The maximum Gasteiger partial charge on any atom is 0.164 e. The summed E-state index contributed by atoms with van der Waals surface area (Å²) in [4.78, 5) is 0. The second-order valence-corrected chi connectivity index (χ2v) is 7.06. The first kappa shape index (κ1) is 16.0. The van der Waals surface area contributed by atoms with Crippen LogP contribution >= 0.6 is 0 Å². The largest absolute Gasteiger partial charge is 0.479 e.